The SMILES string of the molecule is CC(C)Oc1ccccc1S(=O)(=O)N=C(N)NS(=O)(=O)c1ccccc1OC(C)C. The maximum Gasteiger partial charge on any atom is 0.289 e. The number of hydrogen-bond acceptors (Lipinski definition) is 6. The lowest BCUT2D eigenvalue weighted by molar-refractivity contribution is 0.235. The predicted octanol–water partition coefficient (Wildman–Crippen LogP) is 2.24. The Bertz CT molecular complexity index is 1130. The van der Waals surface area contributed by atoms with E-state index in [9.17, 15) is 16.8 Å². The van der Waals surface area contributed by atoms with Crippen LogP contribution >= 0.6 is 0 Å². The van der Waals surface area contributed by atoms with E-state index < -0.39 is 26.0 Å². The Hall–Kier alpha value is -2.79. The summed E-state index contributed by atoms with van der Waals surface area (Å²) in [6.45, 7) is 6.98. The topological polar surface area (TPSA) is 137 Å². The fourth-order valence-electron chi connectivity index (χ4n) is 2.43. The first-order valence-electron chi connectivity index (χ1n) is 9.07. The van der Waals surface area contributed by atoms with Gasteiger partial charge >= 0.3 is 0 Å². The predicted molar refractivity (Wildman–Crippen MR) is 114 cm³/mol. The van der Waals surface area contributed by atoms with Crippen LogP contribution < -0.4 is 19.9 Å². The van der Waals surface area contributed by atoms with E-state index in [4.69, 9.17) is 15.2 Å². The maximum absolute atomic E-state index is 12.7. The third kappa shape index (κ3) is 6.10. The van der Waals surface area contributed by atoms with E-state index in [-0.39, 0.29) is 33.5 Å². The number of hydrogen-bond donors (Lipinski definition) is 2. The molecule has 9 nitrogen and oxygen atoms in total. The molecule has 0 saturated carbocycles. The molecule has 0 aliphatic rings. The van der Waals surface area contributed by atoms with Gasteiger partial charge in [-0.1, -0.05) is 24.3 Å². The highest BCUT2D eigenvalue weighted by atomic mass is 32.2. The highest BCUT2D eigenvalue weighted by Crippen LogP contribution is 2.27. The Morgan fingerprint density at radius 1 is 0.833 bits per heavy atom. The minimum atomic E-state index is -4.34. The van der Waals surface area contributed by atoms with Crippen LogP contribution in [0.25, 0.3) is 0 Å². The van der Waals surface area contributed by atoms with Crippen molar-refractivity contribution in [3.05, 3.63) is 48.5 Å². The number of guanidine groups is 1. The van der Waals surface area contributed by atoms with E-state index in [0.717, 1.165) is 0 Å². The molecule has 2 aromatic rings. The smallest absolute Gasteiger partial charge is 0.289 e. The molecule has 0 heterocycles. The van der Waals surface area contributed by atoms with Gasteiger partial charge in [-0.25, -0.2) is 13.1 Å². The van der Waals surface area contributed by atoms with Gasteiger partial charge in [0.15, 0.2) is 0 Å². The number of sulfonamides is 2. The normalized spacial score (nSPS) is 12.8. The molecule has 0 bridgehead atoms. The van der Waals surface area contributed by atoms with E-state index >= 15 is 0 Å². The molecular weight excluding hydrogens is 430 g/mol. The van der Waals surface area contributed by atoms with Gasteiger partial charge in [-0.05, 0) is 52.0 Å². The number of rotatable bonds is 8. The van der Waals surface area contributed by atoms with E-state index in [1.54, 1.807) is 39.8 Å². The molecule has 0 aliphatic carbocycles. The summed E-state index contributed by atoms with van der Waals surface area (Å²) < 4.78 is 67.1. The van der Waals surface area contributed by atoms with Gasteiger partial charge in [0.25, 0.3) is 20.0 Å². The van der Waals surface area contributed by atoms with Crippen molar-refractivity contribution in [3.8, 4) is 11.5 Å². The fraction of sp³-hybridized carbons (Fsp3) is 0.316. The number of nitrogens with two attached hydrogens (primary N) is 1. The van der Waals surface area contributed by atoms with Gasteiger partial charge in [-0.15, -0.1) is 4.40 Å². The third-order valence-corrected chi connectivity index (χ3v) is 6.17. The molecule has 2 rings (SSSR count). The minimum absolute atomic E-state index is 0.0857. The van der Waals surface area contributed by atoms with Crippen LogP contribution in [-0.2, 0) is 20.0 Å². The molecule has 0 fully saturated rings. The second-order valence-corrected chi connectivity index (χ2v) is 10.0. The molecule has 0 unspecified atom stereocenters. The highest BCUT2D eigenvalue weighted by Gasteiger charge is 2.24. The lowest BCUT2D eigenvalue weighted by atomic mass is 10.3. The molecule has 0 radical (unpaired) electrons. The second kappa shape index (κ2) is 9.35. The van der Waals surface area contributed by atoms with Crippen molar-refractivity contribution in [3.63, 3.8) is 0 Å². The van der Waals surface area contributed by atoms with E-state index in [2.05, 4.69) is 4.40 Å². The average molecular weight is 456 g/mol. The first-order chi connectivity index (χ1) is 13.9. The number of para-hydroxylation sites is 2. The van der Waals surface area contributed by atoms with Crippen LogP contribution in [0.15, 0.2) is 62.7 Å². The molecule has 30 heavy (non-hydrogen) atoms. The Labute approximate surface area is 177 Å². The molecule has 0 amide bonds. The number of benzene rings is 2. The van der Waals surface area contributed by atoms with Gasteiger partial charge in [0, 0.05) is 0 Å². The quantitative estimate of drug-likeness (QED) is 0.460. The molecule has 0 aromatic heterocycles. The monoisotopic (exact) mass is 455 g/mol. The Balaban J connectivity index is 2.37. The molecule has 11 heteroatoms. The number of nitrogens with zero attached hydrogens (tertiary/aromatic N) is 1. The molecule has 0 aliphatic heterocycles. The first kappa shape index (κ1) is 23.5. The summed E-state index contributed by atoms with van der Waals surface area (Å²) in [6, 6.07) is 11.8. The molecular formula is C19H25N3O6S2. The van der Waals surface area contributed by atoms with Gasteiger partial charge < -0.3 is 15.2 Å². The van der Waals surface area contributed by atoms with Crippen LogP contribution in [0.1, 0.15) is 27.7 Å². The summed E-state index contributed by atoms with van der Waals surface area (Å²) in [6.07, 6.45) is -0.552. The largest absolute Gasteiger partial charge is 0.490 e. The molecule has 0 atom stereocenters. The van der Waals surface area contributed by atoms with Crippen molar-refractivity contribution in [1.82, 2.24) is 4.72 Å². The molecule has 3 N–H and O–H groups in total. The Morgan fingerprint density at radius 2 is 1.27 bits per heavy atom. The van der Waals surface area contributed by atoms with Crippen molar-refractivity contribution in [2.45, 2.75) is 49.7 Å². The van der Waals surface area contributed by atoms with Gasteiger partial charge in [-0.2, -0.15) is 8.42 Å². The minimum Gasteiger partial charge on any atom is -0.490 e. The van der Waals surface area contributed by atoms with Crippen LogP contribution in [0.5, 0.6) is 11.5 Å². The summed E-state index contributed by atoms with van der Waals surface area (Å²) in [5.41, 5.74) is 5.62. The number of nitrogens with one attached hydrogen (secondary N) is 1. The van der Waals surface area contributed by atoms with Crippen LogP contribution in [0.3, 0.4) is 0 Å². The molecule has 164 valence electrons. The van der Waals surface area contributed by atoms with Crippen LogP contribution in [0, 0.1) is 0 Å². The van der Waals surface area contributed by atoms with E-state index in [1.165, 1.54) is 36.4 Å². The average Bonchev–Trinajstić information content (AvgIpc) is 2.60. The van der Waals surface area contributed by atoms with Gasteiger partial charge in [-0.3, -0.25) is 0 Å². The molecule has 0 saturated heterocycles. The van der Waals surface area contributed by atoms with Crippen LogP contribution in [0.2, 0.25) is 0 Å². The van der Waals surface area contributed by atoms with Crippen molar-refractivity contribution < 1.29 is 26.3 Å². The summed E-state index contributed by atoms with van der Waals surface area (Å²) in [5, 5.41) is 0. The lowest BCUT2D eigenvalue weighted by Gasteiger charge is -2.15. The zero-order valence-electron chi connectivity index (χ0n) is 17.1. The Morgan fingerprint density at radius 3 is 1.77 bits per heavy atom. The van der Waals surface area contributed by atoms with E-state index in [1.807, 2.05) is 4.72 Å². The second-order valence-electron chi connectivity index (χ2n) is 6.78. The van der Waals surface area contributed by atoms with Crippen molar-refractivity contribution in [1.29, 1.82) is 0 Å². The van der Waals surface area contributed by atoms with Gasteiger partial charge in [0.2, 0.25) is 5.96 Å². The summed E-state index contributed by atoms with van der Waals surface area (Å²) in [5.74, 6) is -0.623. The van der Waals surface area contributed by atoms with Gasteiger partial charge in [0.05, 0.1) is 12.2 Å². The third-order valence-electron chi connectivity index (χ3n) is 3.45. The summed E-state index contributed by atoms with van der Waals surface area (Å²) in [4.78, 5) is -0.429. The van der Waals surface area contributed by atoms with Gasteiger partial charge in [0.1, 0.15) is 21.3 Å². The van der Waals surface area contributed by atoms with Crippen molar-refractivity contribution in [2.75, 3.05) is 0 Å². The maximum atomic E-state index is 12.7. The summed E-state index contributed by atoms with van der Waals surface area (Å²) in [7, 11) is -8.59. The fourth-order valence-corrected chi connectivity index (χ4v) is 4.58. The molecule has 0 spiro atoms. The summed E-state index contributed by atoms with van der Waals surface area (Å²) >= 11 is 0. The van der Waals surface area contributed by atoms with Crippen LogP contribution in [-0.4, -0.2) is 35.0 Å². The van der Waals surface area contributed by atoms with E-state index in [0.29, 0.717) is 0 Å². The standard InChI is InChI=1S/C19H25N3O6S2/c1-13(2)27-15-9-5-7-11-17(15)29(23,24)21-19(20)22-30(25,26)18-12-8-6-10-16(18)28-14(3)4/h5-14H,1-4H3,(H3,20,21,22). The highest BCUT2D eigenvalue weighted by molar-refractivity contribution is 7.91. The first-order valence-corrected chi connectivity index (χ1v) is 12.0. The zero-order valence-corrected chi connectivity index (χ0v) is 18.7. The molecule has 2 aromatic carbocycles. The zero-order chi connectivity index (χ0) is 22.5. The van der Waals surface area contributed by atoms with Crippen molar-refractivity contribution >= 4 is 26.0 Å². The Kier molecular flexibility index (Phi) is 7.32. The number of ether oxygens (including phenoxy) is 2. The lowest BCUT2D eigenvalue weighted by Crippen LogP contribution is -2.37. The van der Waals surface area contributed by atoms with Crippen molar-refractivity contribution in [2.24, 2.45) is 10.1 Å². The van der Waals surface area contributed by atoms with Crippen LogP contribution in [0.4, 0.5) is 0 Å².